The third kappa shape index (κ3) is 4.29. The van der Waals surface area contributed by atoms with Gasteiger partial charge in [0.2, 0.25) is 0 Å². The molecule has 22 heavy (non-hydrogen) atoms. The van der Waals surface area contributed by atoms with Crippen LogP contribution in [0.2, 0.25) is 0 Å². The highest BCUT2D eigenvalue weighted by Gasteiger charge is 2.33. The number of ketones is 2. The summed E-state index contributed by atoms with van der Waals surface area (Å²) in [5, 5.41) is 8.80. The Balaban J connectivity index is 2.26. The van der Waals surface area contributed by atoms with Gasteiger partial charge in [-0.25, -0.2) is 0 Å². The van der Waals surface area contributed by atoms with Gasteiger partial charge in [0.1, 0.15) is 0 Å². The van der Waals surface area contributed by atoms with E-state index in [9.17, 15) is 9.59 Å². The molecular formula is C16H17BrO4S. The minimum Gasteiger partial charge on any atom is -0.394 e. The predicted octanol–water partition coefficient (Wildman–Crippen LogP) is 2.98. The summed E-state index contributed by atoms with van der Waals surface area (Å²) in [5.41, 5.74) is 0.627. The van der Waals surface area contributed by atoms with E-state index >= 15 is 0 Å². The number of ether oxygens (including phenoxy) is 1. The van der Waals surface area contributed by atoms with Crippen molar-refractivity contribution in [1.29, 1.82) is 0 Å². The highest BCUT2D eigenvalue weighted by atomic mass is 79.9. The molecule has 1 N–H and O–H groups in total. The number of allylic oxidation sites excluding steroid dienone is 1. The quantitative estimate of drug-likeness (QED) is 0.603. The normalized spacial score (nSPS) is 19.0. The smallest absolute Gasteiger partial charge is 0.166 e. The molecule has 0 heterocycles. The maximum absolute atomic E-state index is 12.2. The summed E-state index contributed by atoms with van der Waals surface area (Å²) in [6.45, 7) is 2.05. The number of hydrogen-bond donors (Lipinski definition) is 1. The molecule has 0 saturated heterocycles. The molecular weight excluding hydrogens is 368 g/mol. The van der Waals surface area contributed by atoms with Crippen LogP contribution in [-0.2, 0) is 14.3 Å². The van der Waals surface area contributed by atoms with Crippen LogP contribution in [-0.4, -0.2) is 36.5 Å². The molecule has 0 saturated carbocycles. The average Bonchev–Trinajstić information content (AvgIpc) is 2.48. The Morgan fingerprint density at radius 3 is 2.86 bits per heavy atom. The molecule has 1 aliphatic carbocycles. The molecule has 0 fully saturated rings. The number of hydrogen-bond acceptors (Lipinski definition) is 5. The van der Waals surface area contributed by atoms with Gasteiger partial charge >= 0.3 is 0 Å². The zero-order valence-electron chi connectivity index (χ0n) is 12.2. The third-order valence-corrected chi connectivity index (χ3v) is 5.17. The molecule has 1 aromatic carbocycles. The number of carbonyl (C=O) groups is 2. The first kappa shape index (κ1) is 17.4. The predicted molar refractivity (Wildman–Crippen MR) is 88.7 cm³/mol. The number of Topliss-reactive ketones (excluding diaryl/α,β-unsaturated/α-hetero) is 2. The topological polar surface area (TPSA) is 63.6 Å². The molecule has 1 atom stereocenters. The number of aliphatic hydroxyl groups is 1. The molecule has 1 aromatic rings. The summed E-state index contributed by atoms with van der Waals surface area (Å²) < 4.78 is 6.27. The van der Waals surface area contributed by atoms with E-state index in [2.05, 4.69) is 15.9 Å². The molecule has 1 aliphatic rings. The second kappa shape index (κ2) is 8.06. The van der Waals surface area contributed by atoms with Gasteiger partial charge in [0.15, 0.2) is 11.6 Å². The van der Waals surface area contributed by atoms with Crippen LogP contribution in [0.1, 0.15) is 13.3 Å². The van der Waals surface area contributed by atoms with E-state index in [-0.39, 0.29) is 37.8 Å². The van der Waals surface area contributed by atoms with Crippen molar-refractivity contribution in [3.05, 3.63) is 39.2 Å². The lowest BCUT2D eigenvalue weighted by molar-refractivity contribution is -0.129. The fraction of sp³-hybridized carbons (Fsp3) is 0.375. The average molecular weight is 385 g/mol. The molecule has 0 amide bonds. The Morgan fingerprint density at radius 1 is 1.41 bits per heavy atom. The van der Waals surface area contributed by atoms with Gasteiger partial charge in [-0.3, -0.25) is 9.59 Å². The van der Waals surface area contributed by atoms with E-state index < -0.39 is 5.92 Å². The van der Waals surface area contributed by atoms with Crippen LogP contribution in [0.25, 0.3) is 0 Å². The largest absolute Gasteiger partial charge is 0.394 e. The second-order valence-corrected chi connectivity index (χ2v) is 7.00. The zero-order chi connectivity index (χ0) is 16.1. The van der Waals surface area contributed by atoms with Crippen LogP contribution in [0.4, 0.5) is 0 Å². The van der Waals surface area contributed by atoms with Crippen molar-refractivity contribution < 1.29 is 19.4 Å². The van der Waals surface area contributed by atoms with Crippen molar-refractivity contribution in [2.24, 2.45) is 5.92 Å². The SMILES string of the molecule is CC1=C(Sc2cccc(Br)c2)C(COCCO)C(=O)CC1=O. The molecule has 0 aromatic heterocycles. The summed E-state index contributed by atoms with van der Waals surface area (Å²) >= 11 is 4.84. The lowest BCUT2D eigenvalue weighted by atomic mass is 9.89. The van der Waals surface area contributed by atoms with E-state index in [0.29, 0.717) is 5.57 Å². The maximum Gasteiger partial charge on any atom is 0.166 e. The van der Waals surface area contributed by atoms with Gasteiger partial charge < -0.3 is 9.84 Å². The van der Waals surface area contributed by atoms with Gasteiger partial charge in [-0.05, 0) is 25.1 Å². The molecule has 2 rings (SSSR count). The molecule has 0 bridgehead atoms. The van der Waals surface area contributed by atoms with E-state index in [1.165, 1.54) is 11.8 Å². The standard InChI is InChI=1S/C16H17BrO4S/c1-10-14(19)8-15(20)13(9-21-6-5-18)16(10)22-12-4-2-3-11(17)7-12/h2-4,7,13,18H,5-6,8-9H2,1H3. The van der Waals surface area contributed by atoms with E-state index in [1.54, 1.807) is 6.92 Å². The van der Waals surface area contributed by atoms with Crippen LogP contribution in [0.3, 0.4) is 0 Å². The van der Waals surface area contributed by atoms with E-state index in [0.717, 1.165) is 14.3 Å². The second-order valence-electron chi connectivity index (χ2n) is 4.97. The van der Waals surface area contributed by atoms with E-state index in [1.807, 2.05) is 24.3 Å². The maximum atomic E-state index is 12.2. The summed E-state index contributed by atoms with van der Waals surface area (Å²) in [4.78, 5) is 25.9. The summed E-state index contributed by atoms with van der Waals surface area (Å²) in [6, 6.07) is 7.71. The fourth-order valence-corrected chi connectivity index (χ4v) is 3.94. The Hall–Kier alpha value is -0.950. The monoisotopic (exact) mass is 384 g/mol. The van der Waals surface area contributed by atoms with Crippen molar-refractivity contribution in [3.8, 4) is 0 Å². The number of aliphatic hydroxyl groups excluding tert-OH is 1. The number of thioether (sulfide) groups is 1. The Bertz CT molecular complexity index is 612. The summed E-state index contributed by atoms with van der Waals surface area (Å²) in [7, 11) is 0. The first-order valence-corrected chi connectivity index (χ1v) is 8.52. The fourth-order valence-electron chi connectivity index (χ4n) is 2.20. The molecule has 0 spiro atoms. The van der Waals surface area contributed by atoms with Crippen molar-refractivity contribution in [2.45, 2.75) is 18.2 Å². The lowest BCUT2D eigenvalue weighted by Gasteiger charge is -2.25. The molecule has 0 aliphatic heterocycles. The van der Waals surface area contributed by atoms with Crippen LogP contribution < -0.4 is 0 Å². The van der Waals surface area contributed by atoms with Crippen LogP contribution in [0.5, 0.6) is 0 Å². The molecule has 4 nitrogen and oxygen atoms in total. The van der Waals surface area contributed by atoms with Crippen molar-refractivity contribution >= 4 is 39.3 Å². The number of rotatable bonds is 6. The molecule has 6 heteroatoms. The van der Waals surface area contributed by atoms with Crippen molar-refractivity contribution in [2.75, 3.05) is 19.8 Å². The van der Waals surface area contributed by atoms with Gasteiger partial charge in [-0.1, -0.05) is 33.8 Å². The van der Waals surface area contributed by atoms with Crippen LogP contribution in [0, 0.1) is 5.92 Å². The first-order chi connectivity index (χ1) is 10.5. The van der Waals surface area contributed by atoms with Crippen LogP contribution >= 0.6 is 27.7 Å². The third-order valence-electron chi connectivity index (χ3n) is 3.37. The molecule has 118 valence electrons. The Labute approximate surface area is 142 Å². The Morgan fingerprint density at radius 2 is 2.18 bits per heavy atom. The Kier molecular flexibility index (Phi) is 6.37. The first-order valence-electron chi connectivity index (χ1n) is 6.91. The van der Waals surface area contributed by atoms with Gasteiger partial charge in [0.25, 0.3) is 0 Å². The van der Waals surface area contributed by atoms with Gasteiger partial charge in [0, 0.05) is 19.8 Å². The highest BCUT2D eigenvalue weighted by Crippen LogP contribution is 2.39. The summed E-state index contributed by atoms with van der Waals surface area (Å²) in [6.07, 6.45) is -0.0679. The molecule has 0 radical (unpaired) electrons. The summed E-state index contributed by atoms with van der Waals surface area (Å²) in [5.74, 6) is -0.680. The lowest BCUT2D eigenvalue weighted by Crippen LogP contribution is -2.30. The zero-order valence-corrected chi connectivity index (χ0v) is 14.6. The minimum atomic E-state index is -0.437. The minimum absolute atomic E-state index is 0.0679. The number of carbonyl (C=O) groups excluding carboxylic acids is 2. The molecule has 1 unspecified atom stereocenters. The number of halogens is 1. The number of benzene rings is 1. The van der Waals surface area contributed by atoms with Gasteiger partial charge in [0.05, 0.1) is 32.2 Å². The van der Waals surface area contributed by atoms with E-state index in [4.69, 9.17) is 9.84 Å². The highest BCUT2D eigenvalue weighted by molar-refractivity contribution is 9.10. The van der Waals surface area contributed by atoms with Gasteiger partial charge in [-0.2, -0.15) is 0 Å². The van der Waals surface area contributed by atoms with Crippen molar-refractivity contribution in [3.63, 3.8) is 0 Å². The van der Waals surface area contributed by atoms with Crippen LogP contribution in [0.15, 0.2) is 44.1 Å². The van der Waals surface area contributed by atoms with Gasteiger partial charge in [-0.15, -0.1) is 0 Å². The van der Waals surface area contributed by atoms with Crippen molar-refractivity contribution in [1.82, 2.24) is 0 Å².